The van der Waals surface area contributed by atoms with Crippen molar-refractivity contribution in [2.45, 2.75) is 0 Å². The van der Waals surface area contributed by atoms with Crippen LogP contribution in [0.4, 0.5) is 0 Å². The molecule has 120 valence electrons. The first-order valence-electron chi connectivity index (χ1n) is 6.38. The van der Waals surface area contributed by atoms with Gasteiger partial charge in [-0.3, -0.25) is 20.4 Å². The summed E-state index contributed by atoms with van der Waals surface area (Å²) in [7, 11) is 0. The summed E-state index contributed by atoms with van der Waals surface area (Å²) in [5.41, 5.74) is 5.02. The zero-order valence-corrected chi connectivity index (χ0v) is 15.5. The van der Waals surface area contributed by atoms with E-state index in [0.717, 1.165) is 4.47 Å². The fraction of sp³-hybridized carbons (Fsp3) is 0.0667. The van der Waals surface area contributed by atoms with Crippen molar-refractivity contribution in [3.63, 3.8) is 0 Å². The Kier molecular flexibility index (Phi) is 6.44. The van der Waals surface area contributed by atoms with Crippen LogP contribution in [0.1, 0.15) is 10.4 Å². The minimum atomic E-state index is -0.489. The molecule has 5 nitrogen and oxygen atoms in total. The molecule has 0 spiro atoms. The van der Waals surface area contributed by atoms with Crippen LogP contribution in [-0.2, 0) is 4.79 Å². The van der Waals surface area contributed by atoms with Gasteiger partial charge in [-0.15, -0.1) is 0 Å². The second-order valence-electron chi connectivity index (χ2n) is 4.37. The third-order valence-corrected chi connectivity index (χ3v) is 4.06. The van der Waals surface area contributed by atoms with Gasteiger partial charge in [0, 0.05) is 15.1 Å². The molecule has 2 aromatic carbocycles. The fourth-order valence-electron chi connectivity index (χ4n) is 1.57. The normalized spacial score (nSPS) is 10.0. The minimum Gasteiger partial charge on any atom is -0.483 e. The zero-order chi connectivity index (χ0) is 16.8. The molecule has 2 amide bonds. The van der Waals surface area contributed by atoms with E-state index in [1.54, 1.807) is 42.5 Å². The monoisotopic (exact) mass is 460 g/mol. The van der Waals surface area contributed by atoms with E-state index >= 15 is 0 Å². The molecule has 0 aliphatic rings. The fourth-order valence-corrected chi connectivity index (χ4v) is 2.63. The van der Waals surface area contributed by atoms with Crippen molar-refractivity contribution in [3.05, 3.63) is 62.0 Å². The highest BCUT2D eigenvalue weighted by atomic mass is 79.9. The number of benzene rings is 2. The van der Waals surface area contributed by atoms with E-state index in [9.17, 15) is 9.59 Å². The van der Waals surface area contributed by atoms with E-state index in [1.807, 2.05) is 0 Å². The number of ether oxygens (including phenoxy) is 1. The molecule has 2 N–H and O–H groups in total. The highest BCUT2D eigenvalue weighted by Crippen LogP contribution is 2.27. The molecule has 8 heteroatoms. The number of carbonyl (C=O) groups is 2. The first kappa shape index (κ1) is 17.8. The number of halogens is 3. The predicted octanol–water partition coefficient (Wildman–Crippen LogP) is 3.71. The highest BCUT2D eigenvalue weighted by Gasteiger charge is 2.09. The van der Waals surface area contributed by atoms with Crippen LogP contribution < -0.4 is 15.6 Å². The molecule has 2 aromatic rings. The standard InChI is InChI=1S/C15H11Br2ClN2O3/c16-10-3-1-9(2-4-10)15(22)20-19-14(21)8-23-13-6-5-11(18)7-12(13)17/h1-7H,8H2,(H,19,21)(H,20,22). The van der Waals surface area contributed by atoms with Crippen LogP contribution in [-0.4, -0.2) is 18.4 Å². The van der Waals surface area contributed by atoms with Gasteiger partial charge in [0.25, 0.3) is 11.8 Å². The Morgan fingerprint density at radius 3 is 2.39 bits per heavy atom. The summed E-state index contributed by atoms with van der Waals surface area (Å²) >= 11 is 12.4. The third-order valence-electron chi connectivity index (χ3n) is 2.67. The lowest BCUT2D eigenvalue weighted by atomic mass is 10.2. The molecule has 0 aliphatic heterocycles. The van der Waals surface area contributed by atoms with Gasteiger partial charge < -0.3 is 4.74 Å². The average Bonchev–Trinajstić information content (AvgIpc) is 2.52. The largest absolute Gasteiger partial charge is 0.483 e. The molecule has 0 aliphatic carbocycles. The van der Waals surface area contributed by atoms with Crippen LogP contribution in [0, 0.1) is 0 Å². The van der Waals surface area contributed by atoms with Gasteiger partial charge in [0.2, 0.25) is 0 Å². The van der Waals surface area contributed by atoms with Gasteiger partial charge in [0.1, 0.15) is 5.75 Å². The molecule has 0 heterocycles. The average molecular weight is 463 g/mol. The number of amides is 2. The Balaban J connectivity index is 1.81. The number of hydrogen-bond donors (Lipinski definition) is 2. The van der Waals surface area contributed by atoms with Crippen molar-refractivity contribution in [2.24, 2.45) is 0 Å². The molecule has 0 saturated heterocycles. The lowest BCUT2D eigenvalue weighted by molar-refractivity contribution is -0.123. The maximum Gasteiger partial charge on any atom is 0.276 e. The third kappa shape index (κ3) is 5.53. The van der Waals surface area contributed by atoms with Gasteiger partial charge >= 0.3 is 0 Å². The summed E-state index contributed by atoms with van der Waals surface area (Å²) in [5, 5.41) is 0.551. The lowest BCUT2D eigenvalue weighted by Gasteiger charge is -2.10. The van der Waals surface area contributed by atoms with Crippen LogP contribution in [0.3, 0.4) is 0 Å². The molecule has 0 bridgehead atoms. The second-order valence-corrected chi connectivity index (χ2v) is 6.58. The molecule has 0 radical (unpaired) electrons. The van der Waals surface area contributed by atoms with Crippen molar-refractivity contribution in [2.75, 3.05) is 6.61 Å². The molecule has 0 unspecified atom stereocenters. The summed E-state index contributed by atoms with van der Waals surface area (Å²) in [6.07, 6.45) is 0. The maximum atomic E-state index is 11.8. The minimum absolute atomic E-state index is 0.249. The Bertz CT molecular complexity index is 723. The van der Waals surface area contributed by atoms with Gasteiger partial charge in [-0.1, -0.05) is 27.5 Å². The van der Waals surface area contributed by atoms with Crippen LogP contribution >= 0.6 is 43.5 Å². The number of hydrazine groups is 1. The topological polar surface area (TPSA) is 67.4 Å². The molecular formula is C15H11Br2ClN2O3. The number of hydrogen-bond acceptors (Lipinski definition) is 3. The van der Waals surface area contributed by atoms with Gasteiger partial charge in [-0.25, -0.2) is 0 Å². The Morgan fingerprint density at radius 2 is 1.74 bits per heavy atom. The molecule has 23 heavy (non-hydrogen) atoms. The highest BCUT2D eigenvalue weighted by molar-refractivity contribution is 9.10. The van der Waals surface area contributed by atoms with Gasteiger partial charge in [-0.05, 0) is 58.4 Å². The Labute approximate surface area is 154 Å². The van der Waals surface area contributed by atoms with E-state index in [2.05, 4.69) is 42.7 Å². The number of carbonyl (C=O) groups excluding carboxylic acids is 2. The molecular weight excluding hydrogens is 451 g/mol. The van der Waals surface area contributed by atoms with E-state index < -0.39 is 11.8 Å². The smallest absolute Gasteiger partial charge is 0.276 e. The first-order valence-corrected chi connectivity index (χ1v) is 8.34. The molecule has 2 rings (SSSR count). The zero-order valence-electron chi connectivity index (χ0n) is 11.6. The van der Waals surface area contributed by atoms with E-state index in [1.165, 1.54) is 0 Å². The maximum absolute atomic E-state index is 11.8. The van der Waals surface area contributed by atoms with Gasteiger partial charge in [0.15, 0.2) is 6.61 Å². The van der Waals surface area contributed by atoms with Crippen molar-refractivity contribution >= 4 is 55.3 Å². The predicted molar refractivity (Wildman–Crippen MR) is 94.4 cm³/mol. The molecule has 0 atom stereocenters. The van der Waals surface area contributed by atoms with Gasteiger partial charge in [0.05, 0.1) is 4.47 Å². The van der Waals surface area contributed by atoms with Crippen molar-refractivity contribution < 1.29 is 14.3 Å². The number of rotatable bonds is 4. The first-order chi connectivity index (χ1) is 11.0. The Morgan fingerprint density at radius 1 is 1.04 bits per heavy atom. The van der Waals surface area contributed by atoms with Crippen LogP contribution in [0.2, 0.25) is 5.02 Å². The van der Waals surface area contributed by atoms with Crippen molar-refractivity contribution in [1.29, 1.82) is 0 Å². The summed E-state index contributed by atoms with van der Waals surface area (Å²) in [5.74, 6) is -0.431. The summed E-state index contributed by atoms with van der Waals surface area (Å²) in [4.78, 5) is 23.5. The lowest BCUT2D eigenvalue weighted by Crippen LogP contribution is -2.43. The number of nitrogens with one attached hydrogen (secondary N) is 2. The van der Waals surface area contributed by atoms with Crippen molar-refractivity contribution in [3.8, 4) is 5.75 Å². The molecule has 0 saturated carbocycles. The molecule has 0 fully saturated rings. The van der Waals surface area contributed by atoms with Crippen LogP contribution in [0.15, 0.2) is 51.4 Å². The second kappa shape index (κ2) is 8.33. The van der Waals surface area contributed by atoms with Gasteiger partial charge in [-0.2, -0.15) is 0 Å². The van der Waals surface area contributed by atoms with E-state index in [-0.39, 0.29) is 6.61 Å². The summed E-state index contributed by atoms with van der Waals surface area (Å²) in [6, 6.07) is 11.7. The van der Waals surface area contributed by atoms with Crippen LogP contribution in [0.5, 0.6) is 5.75 Å². The molecule has 0 aromatic heterocycles. The summed E-state index contributed by atoms with van der Waals surface area (Å²) in [6.45, 7) is -0.249. The van der Waals surface area contributed by atoms with Crippen molar-refractivity contribution in [1.82, 2.24) is 10.9 Å². The van der Waals surface area contributed by atoms with E-state index in [4.69, 9.17) is 16.3 Å². The quantitative estimate of drug-likeness (QED) is 0.681. The SMILES string of the molecule is O=C(COc1ccc(Cl)cc1Br)NNC(=O)c1ccc(Br)cc1. The summed E-state index contributed by atoms with van der Waals surface area (Å²) < 4.78 is 6.83. The van der Waals surface area contributed by atoms with E-state index in [0.29, 0.717) is 20.8 Å². The van der Waals surface area contributed by atoms with Crippen LogP contribution in [0.25, 0.3) is 0 Å². The Hall–Kier alpha value is -1.57.